The summed E-state index contributed by atoms with van der Waals surface area (Å²) in [5.74, 6) is 0. The van der Waals surface area contributed by atoms with Crippen molar-refractivity contribution in [2.24, 2.45) is 0 Å². The van der Waals surface area contributed by atoms with Gasteiger partial charge in [0.25, 0.3) is 0 Å². The summed E-state index contributed by atoms with van der Waals surface area (Å²) in [6, 6.07) is 0. The van der Waals surface area contributed by atoms with Crippen LogP contribution in [0.15, 0.2) is 23.4 Å². The van der Waals surface area contributed by atoms with Crippen molar-refractivity contribution in [3.05, 3.63) is 23.4 Å². The first-order chi connectivity index (χ1) is 5.81. The first-order valence-electron chi connectivity index (χ1n) is 4.98. The summed E-state index contributed by atoms with van der Waals surface area (Å²) in [6.07, 6.45) is 8.00. The number of nitrogens with one attached hydrogen (secondary N) is 1. The van der Waals surface area contributed by atoms with Gasteiger partial charge < -0.3 is 4.98 Å². The van der Waals surface area contributed by atoms with E-state index in [0.29, 0.717) is 0 Å². The van der Waals surface area contributed by atoms with Crippen LogP contribution < -0.4 is 4.98 Å². The van der Waals surface area contributed by atoms with E-state index >= 15 is 0 Å². The van der Waals surface area contributed by atoms with Crippen LogP contribution in [0.4, 0.5) is 0 Å². The second kappa shape index (κ2) is 3.43. The van der Waals surface area contributed by atoms with E-state index in [0.717, 1.165) is 6.42 Å². The Bertz CT molecular complexity index is 243. The molecule has 1 N–H and O–H groups in total. The van der Waals surface area contributed by atoms with Crippen molar-refractivity contribution in [3.8, 4) is 0 Å². The third-order valence-corrected chi connectivity index (χ3v) is 5.37. The minimum Gasteiger partial charge on any atom is -0.329 e. The van der Waals surface area contributed by atoms with Crippen molar-refractivity contribution in [1.29, 1.82) is 0 Å². The van der Waals surface area contributed by atoms with Crippen molar-refractivity contribution in [3.63, 3.8) is 0 Å². The number of rotatable bonds is 2. The van der Waals surface area contributed by atoms with Crippen LogP contribution in [-0.2, 0) is 0 Å². The summed E-state index contributed by atoms with van der Waals surface area (Å²) in [5, 5.41) is 1.54. The van der Waals surface area contributed by atoms with Gasteiger partial charge in [-0.2, -0.15) is 0 Å². The van der Waals surface area contributed by atoms with E-state index in [4.69, 9.17) is 0 Å². The molecule has 1 aliphatic carbocycles. The lowest BCUT2D eigenvalue weighted by molar-refractivity contribution is 0.514. The average molecular weight is 195 g/mol. The van der Waals surface area contributed by atoms with E-state index in [-0.39, 0.29) is 5.54 Å². The molecule has 0 bridgehead atoms. The van der Waals surface area contributed by atoms with Gasteiger partial charge in [0.15, 0.2) is 8.24 Å². The maximum Gasteiger partial charge on any atom is 0.151 e. The molecule has 0 amide bonds. The molecule has 0 heterocycles. The quantitative estimate of drug-likeness (QED) is 0.668. The minimum atomic E-state index is -1.38. The Morgan fingerprint density at radius 3 is 2.31 bits per heavy atom. The fraction of sp³-hybridized carbons (Fsp3) is 0.636. The Morgan fingerprint density at radius 2 is 1.92 bits per heavy atom. The monoisotopic (exact) mass is 195 g/mol. The lowest BCUT2D eigenvalue weighted by Gasteiger charge is -2.33. The van der Waals surface area contributed by atoms with Gasteiger partial charge in [-0.05, 0) is 32.4 Å². The second-order valence-corrected chi connectivity index (χ2v) is 9.37. The fourth-order valence-electron chi connectivity index (χ4n) is 1.93. The van der Waals surface area contributed by atoms with Gasteiger partial charge in [0.2, 0.25) is 0 Å². The highest BCUT2D eigenvalue weighted by Gasteiger charge is 2.29. The van der Waals surface area contributed by atoms with Crippen LogP contribution in [0.5, 0.6) is 0 Å². The molecular weight excluding hydrogens is 174 g/mol. The molecule has 0 saturated carbocycles. The van der Waals surface area contributed by atoms with Gasteiger partial charge in [0, 0.05) is 5.54 Å². The first-order valence-corrected chi connectivity index (χ1v) is 7.98. The maximum absolute atomic E-state index is 3.76. The lowest BCUT2D eigenvalue weighted by atomic mass is 10.1. The topological polar surface area (TPSA) is 12.0 Å². The summed E-state index contributed by atoms with van der Waals surface area (Å²) in [6.45, 7) is 11.5. The Labute approximate surface area is 83.0 Å². The molecule has 0 radical (unpaired) electrons. The maximum atomic E-state index is 3.76. The van der Waals surface area contributed by atoms with Crippen molar-refractivity contribution in [2.45, 2.75) is 45.8 Å². The predicted molar refractivity (Wildman–Crippen MR) is 62.2 cm³/mol. The van der Waals surface area contributed by atoms with Crippen LogP contribution in [0.2, 0.25) is 13.1 Å². The third-order valence-electron chi connectivity index (χ3n) is 2.18. The molecule has 1 nitrogen and oxygen atoms in total. The molecule has 13 heavy (non-hydrogen) atoms. The average Bonchev–Trinajstić information content (AvgIpc) is 2.29. The van der Waals surface area contributed by atoms with Crippen LogP contribution in [0.25, 0.3) is 0 Å². The number of hydrogen-bond acceptors (Lipinski definition) is 1. The predicted octanol–water partition coefficient (Wildman–Crippen LogP) is 3.01. The molecule has 0 unspecified atom stereocenters. The van der Waals surface area contributed by atoms with E-state index in [2.05, 4.69) is 57.1 Å². The van der Waals surface area contributed by atoms with Gasteiger partial charge in [0.1, 0.15) is 0 Å². The van der Waals surface area contributed by atoms with Gasteiger partial charge >= 0.3 is 0 Å². The lowest BCUT2D eigenvalue weighted by Crippen LogP contribution is -2.55. The number of allylic oxidation sites excluding steroid dienone is 4. The second-order valence-electron chi connectivity index (χ2n) is 5.30. The number of hydrogen-bond donors (Lipinski definition) is 1. The van der Waals surface area contributed by atoms with Crippen molar-refractivity contribution in [2.75, 3.05) is 0 Å². The smallest absolute Gasteiger partial charge is 0.151 e. The molecule has 0 saturated heterocycles. The zero-order valence-electron chi connectivity index (χ0n) is 9.44. The van der Waals surface area contributed by atoms with Crippen molar-refractivity contribution in [1.82, 2.24) is 4.98 Å². The van der Waals surface area contributed by atoms with Gasteiger partial charge in [-0.3, -0.25) is 0 Å². The van der Waals surface area contributed by atoms with E-state index < -0.39 is 8.24 Å². The molecular formula is C11H21NSi. The summed E-state index contributed by atoms with van der Waals surface area (Å²) in [5.41, 5.74) is 0.229. The fourth-order valence-corrected chi connectivity index (χ4v) is 5.11. The van der Waals surface area contributed by atoms with Crippen LogP contribution >= 0.6 is 0 Å². The molecule has 2 heteroatoms. The van der Waals surface area contributed by atoms with Gasteiger partial charge in [-0.15, -0.1) is 0 Å². The summed E-state index contributed by atoms with van der Waals surface area (Å²) in [7, 11) is -1.38. The molecule has 0 fully saturated rings. The normalized spacial score (nSPS) is 17.8. The van der Waals surface area contributed by atoms with Crippen LogP contribution in [0.1, 0.15) is 27.2 Å². The minimum absolute atomic E-state index is 0.229. The highest BCUT2D eigenvalue weighted by molar-refractivity contribution is 6.82. The first kappa shape index (κ1) is 10.7. The van der Waals surface area contributed by atoms with E-state index in [9.17, 15) is 0 Å². The molecule has 0 aromatic heterocycles. The SMILES string of the molecule is CC(C)(C)N[Si](C)(C)C1=CCC=C1. The summed E-state index contributed by atoms with van der Waals surface area (Å²) < 4.78 is 0. The molecule has 0 aromatic carbocycles. The van der Waals surface area contributed by atoms with Gasteiger partial charge in [0.05, 0.1) is 0 Å². The Hall–Kier alpha value is -0.343. The van der Waals surface area contributed by atoms with E-state index in [1.54, 1.807) is 5.20 Å². The molecule has 1 aliphatic rings. The summed E-state index contributed by atoms with van der Waals surface area (Å²) >= 11 is 0. The standard InChI is InChI=1S/C11H21NSi/c1-11(2,3)12-13(4,5)10-8-6-7-9-10/h6,8-9,12H,7H2,1-5H3. The largest absolute Gasteiger partial charge is 0.329 e. The van der Waals surface area contributed by atoms with Crippen molar-refractivity contribution >= 4 is 8.24 Å². The van der Waals surface area contributed by atoms with Crippen LogP contribution in [0.3, 0.4) is 0 Å². The van der Waals surface area contributed by atoms with Gasteiger partial charge in [-0.25, -0.2) is 0 Å². The molecule has 74 valence electrons. The molecule has 0 atom stereocenters. The Balaban J connectivity index is 2.71. The molecule has 0 aliphatic heterocycles. The highest BCUT2D eigenvalue weighted by atomic mass is 28.3. The third kappa shape index (κ3) is 3.12. The zero-order valence-corrected chi connectivity index (χ0v) is 10.4. The van der Waals surface area contributed by atoms with E-state index in [1.165, 1.54) is 0 Å². The van der Waals surface area contributed by atoms with Gasteiger partial charge in [-0.1, -0.05) is 31.3 Å². The Morgan fingerprint density at radius 1 is 1.31 bits per heavy atom. The summed E-state index contributed by atoms with van der Waals surface area (Å²) in [4.78, 5) is 3.76. The Kier molecular flexibility index (Phi) is 2.83. The molecule has 0 aromatic rings. The molecule has 1 rings (SSSR count). The van der Waals surface area contributed by atoms with E-state index in [1.807, 2.05) is 0 Å². The zero-order chi connectivity index (χ0) is 10.1. The van der Waals surface area contributed by atoms with Crippen LogP contribution in [0, 0.1) is 0 Å². The molecule has 0 spiro atoms. The highest BCUT2D eigenvalue weighted by Crippen LogP contribution is 2.21. The van der Waals surface area contributed by atoms with Crippen molar-refractivity contribution < 1.29 is 0 Å². The van der Waals surface area contributed by atoms with Crippen LogP contribution in [-0.4, -0.2) is 13.8 Å².